The van der Waals surface area contributed by atoms with Crippen LogP contribution in [0.3, 0.4) is 0 Å². The first kappa shape index (κ1) is 16.7. The van der Waals surface area contributed by atoms with Gasteiger partial charge < -0.3 is 15.1 Å². The van der Waals surface area contributed by atoms with Crippen molar-refractivity contribution in [2.75, 3.05) is 58.9 Å². The average molecular weight is 322 g/mol. The zero-order valence-corrected chi connectivity index (χ0v) is 14.1. The number of nitrogens with one attached hydrogen (secondary N) is 1. The molecule has 6 nitrogen and oxygen atoms in total. The second-order valence-corrected chi connectivity index (χ2v) is 7.25. The lowest BCUT2D eigenvalue weighted by Gasteiger charge is -2.37. The summed E-state index contributed by atoms with van der Waals surface area (Å²) in [5.74, 6) is 0.950. The lowest BCUT2D eigenvalue weighted by Crippen LogP contribution is -2.54. The van der Waals surface area contributed by atoms with E-state index in [0.29, 0.717) is 19.6 Å². The Morgan fingerprint density at radius 1 is 1.00 bits per heavy atom. The maximum absolute atomic E-state index is 12.3. The molecule has 1 aliphatic carbocycles. The summed E-state index contributed by atoms with van der Waals surface area (Å²) < 4.78 is 0. The van der Waals surface area contributed by atoms with E-state index in [1.54, 1.807) is 4.90 Å². The van der Waals surface area contributed by atoms with E-state index in [0.717, 1.165) is 32.1 Å². The molecule has 2 amide bonds. The minimum atomic E-state index is -0.0399. The van der Waals surface area contributed by atoms with E-state index < -0.39 is 0 Å². The summed E-state index contributed by atoms with van der Waals surface area (Å²) in [7, 11) is 0. The smallest absolute Gasteiger partial charge is 0.239 e. The summed E-state index contributed by atoms with van der Waals surface area (Å²) in [4.78, 5) is 30.2. The molecule has 0 aromatic heterocycles. The van der Waals surface area contributed by atoms with E-state index in [2.05, 4.69) is 15.1 Å². The van der Waals surface area contributed by atoms with E-state index in [9.17, 15) is 9.59 Å². The second-order valence-electron chi connectivity index (χ2n) is 7.25. The Hall–Kier alpha value is -1.14. The predicted octanol–water partition coefficient (Wildman–Crippen LogP) is 0.143. The van der Waals surface area contributed by atoms with Crippen molar-refractivity contribution < 1.29 is 9.59 Å². The highest BCUT2D eigenvalue weighted by molar-refractivity contribution is 5.86. The van der Waals surface area contributed by atoms with E-state index in [1.165, 1.54) is 38.6 Å². The second kappa shape index (κ2) is 8.11. The van der Waals surface area contributed by atoms with Crippen molar-refractivity contribution in [3.05, 3.63) is 0 Å². The molecule has 3 fully saturated rings. The van der Waals surface area contributed by atoms with Crippen molar-refractivity contribution in [1.82, 2.24) is 20.0 Å². The van der Waals surface area contributed by atoms with Crippen molar-refractivity contribution in [2.24, 2.45) is 5.92 Å². The van der Waals surface area contributed by atoms with Gasteiger partial charge in [-0.1, -0.05) is 19.3 Å². The topological polar surface area (TPSA) is 55.9 Å². The number of hydrogen-bond donors (Lipinski definition) is 1. The van der Waals surface area contributed by atoms with Gasteiger partial charge in [-0.25, -0.2) is 0 Å². The van der Waals surface area contributed by atoms with Gasteiger partial charge in [-0.15, -0.1) is 0 Å². The van der Waals surface area contributed by atoms with Crippen LogP contribution in [0.15, 0.2) is 0 Å². The Morgan fingerprint density at radius 2 is 1.70 bits per heavy atom. The molecule has 6 heteroatoms. The normalized spacial score (nSPS) is 25.4. The molecule has 0 spiro atoms. The molecule has 2 heterocycles. The van der Waals surface area contributed by atoms with E-state index in [-0.39, 0.29) is 18.4 Å². The SMILES string of the molecule is O=C1CN(C(=O)CN2CCN(CC3CCCCC3)CC2)CCN1. The molecule has 0 bridgehead atoms. The monoisotopic (exact) mass is 322 g/mol. The zero-order chi connectivity index (χ0) is 16.1. The summed E-state index contributed by atoms with van der Waals surface area (Å²) in [6.45, 7) is 7.25. The molecule has 1 N–H and O–H groups in total. The van der Waals surface area contributed by atoms with Crippen LogP contribution in [0.4, 0.5) is 0 Å². The third-order valence-corrected chi connectivity index (χ3v) is 5.46. The van der Waals surface area contributed by atoms with E-state index in [1.807, 2.05) is 0 Å². The number of carbonyl (C=O) groups is 2. The Labute approximate surface area is 139 Å². The van der Waals surface area contributed by atoms with Gasteiger partial charge in [-0.2, -0.15) is 0 Å². The summed E-state index contributed by atoms with van der Waals surface area (Å²) >= 11 is 0. The summed E-state index contributed by atoms with van der Waals surface area (Å²) in [5, 5.41) is 2.76. The van der Waals surface area contributed by atoms with Gasteiger partial charge in [0, 0.05) is 45.8 Å². The molecular formula is C17H30N4O2. The number of piperazine rings is 2. The van der Waals surface area contributed by atoms with Crippen LogP contribution in [0, 0.1) is 5.92 Å². The minimum absolute atomic E-state index is 0.0399. The first-order valence-corrected chi connectivity index (χ1v) is 9.20. The lowest BCUT2D eigenvalue weighted by atomic mass is 9.89. The van der Waals surface area contributed by atoms with Crippen molar-refractivity contribution in [2.45, 2.75) is 32.1 Å². The van der Waals surface area contributed by atoms with Crippen LogP contribution in [0.5, 0.6) is 0 Å². The van der Waals surface area contributed by atoms with E-state index in [4.69, 9.17) is 0 Å². The molecule has 0 aromatic rings. The van der Waals surface area contributed by atoms with Crippen LogP contribution in [-0.4, -0.2) is 85.4 Å². The van der Waals surface area contributed by atoms with Crippen LogP contribution in [0.1, 0.15) is 32.1 Å². The first-order chi connectivity index (χ1) is 11.2. The highest BCUT2D eigenvalue weighted by atomic mass is 16.2. The lowest BCUT2D eigenvalue weighted by molar-refractivity contribution is -0.139. The number of hydrogen-bond acceptors (Lipinski definition) is 4. The van der Waals surface area contributed by atoms with Gasteiger partial charge in [0.05, 0.1) is 13.1 Å². The largest absolute Gasteiger partial charge is 0.353 e. The quantitative estimate of drug-likeness (QED) is 0.800. The van der Waals surface area contributed by atoms with Gasteiger partial charge >= 0.3 is 0 Å². The van der Waals surface area contributed by atoms with Crippen LogP contribution in [0.25, 0.3) is 0 Å². The maximum atomic E-state index is 12.3. The Balaban J connectivity index is 1.37. The number of rotatable bonds is 4. The Bertz CT molecular complexity index is 415. The summed E-state index contributed by atoms with van der Waals surface area (Å²) in [6.07, 6.45) is 7.03. The highest BCUT2D eigenvalue weighted by Gasteiger charge is 2.26. The Kier molecular flexibility index (Phi) is 5.89. The molecule has 23 heavy (non-hydrogen) atoms. The van der Waals surface area contributed by atoms with Gasteiger partial charge in [0.2, 0.25) is 11.8 Å². The molecule has 0 radical (unpaired) electrons. The maximum Gasteiger partial charge on any atom is 0.239 e. The van der Waals surface area contributed by atoms with Crippen molar-refractivity contribution in [3.8, 4) is 0 Å². The molecule has 3 aliphatic rings. The molecule has 0 unspecified atom stereocenters. The number of carbonyl (C=O) groups excluding carboxylic acids is 2. The summed E-state index contributed by atoms with van der Waals surface area (Å²) in [5.41, 5.74) is 0. The number of amides is 2. The summed E-state index contributed by atoms with van der Waals surface area (Å²) in [6, 6.07) is 0. The van der Waals surface area contributed by atoms with Crippen LogP contribution in [0.2, 0.25) is 0 Å². The fourth-order valence-corrected chi connectivity index (χ4v) is 4.01. The van der Waals surface area contributed by atoms with Gasteiger partial charge in [-0.3, -0.25) is 14.5 Å². The molecule has 130 valence electrons. The van der Waals surface area contributed by atoms with Gasteiger partial charge in [0.25, 0.3) is 0 Å². The van der Waals surface area contributed by atoms with Gasteiger partial charge in [0.1, 0.15) is 0 Å². The van der Waals surface area contributed by atoms with E-state index >= 15 is 0 Å². The van der Waals surface area contributed by atoms with Crippen molar-refractivity contribution in [3.63, 3.8) is 0 Å². The van der Waals surface area contributed by atoms with Gasteiger partial charge in [0.15, 0.2) is 0 Å². The zero-order valence-electron chi connectivity index (χ0n) is 14.1. The molecule has 2 aliphatic heterocycles. The van der Waals surface area contributed by atoms with Crippen molar-refractivity contribution in [1.29, 1.82) is 0 Å². The van der Waals surface area contributed by atoms with Crippen LogP contribution >= 0.6 is 0 Å². The molecule has 1 saturated carbocycles. The third-order valence-electron chi connectivity index (χ3n) is 5.46. The average Bonchev–Trinajstić information content (AvgIpc) is 2.57. The molecule has 3 rings (SSSR count). The molecule has 0 atom stereocenters. The third kappa shape index (κ3) is 4.91. The molecular weight excluding hydrogens is 292 g/mol. The standard InChI is InChI=1S/C17H30N4O2/c22-16-13-21(7-6-18-16)17(23)14-20-10-8-19(9-11-20)12-15-4-2-1-3-5-15/h15H,1-14H2,(H,18,22). The molecule has 0 aromatic carbocycles. The Morgan fingerprint density at radius 3 is 2.39 bits per heavy atom. The van der Waals surface area contributed by atoms with Crippen LogP contribution < -0.4 is 5.32 Å². The predicted molar refractivity (Wildman–Crippen MR) is 89.0 cm³/mol. The minimum Gasteiger partial charge on any atom is -0.353 e. The molecule has 2 saturated heterocycles. The van der Waals surface area contributed by atoms with Gasteiger partial charge in [-0.05, 0) is 18.8 Å². The number of nitrogens with zero attached hydrogens (tertiary/aromatic N) is 3. The first-order valence-electron chi connectivity index (χ1n) is 9.20. The fourth-order valence-electron chi connectivity index (χ4n) is 4.01. The fraction of sp³-hybridized carbons (Fsp3) is 0.882. The highest BCUT2D eigenvalue weighted by Crippen LogP contribution is 2.24. The van der Waals surface area contributed by atoms with Crippen molar-refractivity contribution >= 4 is 11.8 Å². The van der Waals surface area contributed by atoms with Crippen LogP contribution in [-0.2, 0) is 9.59 Å².